The smallest absolute Gasteiger partial charge is 0.150 e. The lowest BCUT2D eigenvalue weighted by Gasteiger charge is -2.15. The minimum Gasteiger partial charge on any atom is -0.359 e. The summed E-state index contributed by atoms with van der Waals surface area (Å²) in [7, 11) is 0. The van der Waals surface area contributed by atoms with E-state index in [0.717, 1.165) is 19.7 Å². The molecule has 55 valence electrons. The number of ether oxygens (including phenoxy) is 1. The van der Waals surface area contributed by atoms with Crippen LogP contribution in [0.3, 0.4) is 0 Å². The molecule has 0 amide bonds. The Balaban J connectivity index is 3.09. The molecular weight excluding hydrogens is 114 g/mol. The first-order valence-corrected chi connectivity index (χ1v) is 3.54. The highest BCUT2D eigenvalue weighted by atomic mass is 16.5. The van der Waals surface area contributed by atoms with Gasteiger partial charge in [-0.1, -0.05) is 13.8 Å². The van der Waals surface area contributed by atoms with Gasteiger partial charge in [0.05, 0.1) is 0 Å². The van der Waals surface area contributed by atoms with Crippen molar-refractivity contribution < 1.29 is 4.74 Å². The average Bonchev–Trinajstić information content (AvgIpc) is 1.91. The van der Waals surface area contributed by atoms with Gasteiger partial charge < -0.3 is 4.74 Å². The molecule has 0 aliphatic rings. The van der Waals surface area contributed by atoms with E-state index in [0.29, 0.717) is 0 Å². The molecule has 0 bridgehead atoms. The van der Waals surface area contributed by atoms with Crippen molar-refractivity contribution >= 4 is 0 Å². The lowest BCUT2D eigenvalue weighted by molar-refractivity contribution is 0.114. The quantitative estimate of drug-likeness (QED) is 0.559. The molecule has 0 saturated carbocycles. The molecule has 2 nitrogen and oxygen atoms in total. The predicted octanol–water partition coefficient (Wildman–Crippen LogP) is 1.48. The zero-order valence-corrected chi connectivity index (χ0v) is 6.55. The van der Waals surface area contributed by atoms with Crippen molar-refractivity contribution in [2.45, 2.75) is 20.8 Å². The molecule has 0 rings (SSSR count). The van der Waals surface area contributed by atoms with Gasteiger partial charge in [0.15, 0.2) is 6.73 Å². The normalized spacial score (nSPS) is 10.7. The largest absolute Gasteiger partial charge is 0.359 e. The van der Waals surface area contributed by atoms with Gasteiger partial charge in [0.1, 0.15) is 0 Å². The Labute approximate surface area is 57.8 Å². The second-order valence-corrected chi connectivity index (χ2v) is 1.78. The molecule has 0 aliphatic heterocycles. The van der Waals surface area contributed by atoms with Crippen molar-refractivity contribution in [1.82, 2.24) is 4.90 Å². The first-order chi connectivity index (χ1) is 4.35. The molecule has 0 aromatic heterocycles. The minimum absolute atomic E-state index is 0.760. The number of nitrogens with zero attached hydrogens (tertiary/aromatic N) is 1. The van der Waals surface area contributed by atoms with E-state index in [-0.39, 0.29) is 0 Å². The van der Waals surface area contributed by atoms with Gasteiger partial charge in [0.2, 0.25) is 0 Å². The van der Waals surface area contributed by atoms with Crippen molar-refractivity contribution in [1.29, 1.82) is 0 Å². The van der Waals surface area contributed by atoms with Crippen molar-refractivity contribution in [2.75, 3.05) is 19.7 Å². The van der Waals surface area contributed by atoms with Crippen LogP contribution in [0.2, 0.25) is 0 Å². The molecule has 0 atom stereocenters. The van der Waals surface area contributed by atoms with Crippen LogP contribution in [0.4, 0.5) is 0 Å². The van der Waals surface area contributed by atoms with Crippen LogP contribution in [-0.4, -0.2) is 24.6 Å². The van der Waals surface area contributed by atoms with Crippen molar-refractivity contribution in [3.05, 3.63) is 6.73 Å². The Morgan fingerprint density at radius 2 is 1.78 bits per heavy atom. The Kier molecular flexibility index (Phi) is 5.99. The van der Waals surface area contributed by atoms with Gasteiger partial charge in [0.25, 0.3) is 0 Å². The number of hydrogen-bond donors (Lipinski definition) is 0. The molecule has 9 heavy (non-hydrogen) atoms. The summed E-state index contributed by atoms with van der Waals surface area (Å²) in [6, 6.07) is 0. The molecule has 0 aromatic rings. The highest BCUT2D eigenvalue weighted by molar-refractivity contribution is 4.53. The van der Waals surface area contributed by atoms with Crippen LogP contribution < -0.4 is 0 Å². The molecule has 2 heteroatoms. The van der Waals surface area contributed by atoms with E-state index in [1.807, 2.05) is 6.92 Å². The molecule has 0 unspecified atom stereocenters. The fourth-order valence-electron chi connectivity index (χ4n) is 0.553. The van der Waals surface area contributed by atoms with E-state index in [4.69, 9.17) is 4.74 Å². The summed E-state index contributed by atoms with van der Waals surface area (Å²) in [5.41, 5.74) is 0. The third kappa shape index (κ3) is 4.43. The fraction of sp³-hybridized carbons (Fsp3) is 0.857. The maximum absolute atomic E-state index is 5.08. The molecule has 0 N–H and O–H groups in total. The molecule has 0 heterocycles. The molecule has 0 aliphatic carbocycles. The highest BCUT2D eigenvalue weighted by Gasteiger charge is 1.96. The molecule has 0 fully saturated rings. The maximum Gasteiger partial charge on any atom is 0.150 e. The van der Waals surface area contributed by atoms with Crippen LogP contribution in [0.15, 0.2) is 0 Å². The lowest BCUT2D eigenvalue weighted by atomic mass is 10.6. The van der Waals surface area contributed by atoms with Crippen LogP contribution in [0.25, 0.3) is 0 Å². The Morgan fingerprint density at radius 3 is 2.11 bits per heavy atom. The summed E-state index contributed by atoms with van der Waals surface area (Å²) < 4.78 is 5.08. The first-order valence-electron chi connectivity index (χ1n) is 3.54. The monoisotopic (exact) mass is 130 g/mol. The van der Waals surface area contributed by atoms with E-state index in [1.54, 1.807) is 6.73 Å². The van der Waals surface area contributed by atoms with Crippen molar-refractivity contribution in [3.63, 3.8) is 0 Å². The molecule has 0 spiro atoms. The summed E-state index contributed by atoms with van der Waals surface area (Å²) in [6.45, 7) is 10.8. The second-order valence-electron chi connectivity index (χ2n) is 1.78. The van der Waals surface area contributed by atoms with Gasteiger partial charge in [-0.3, -0.25) is 4.90 Å². The average molecular weight is 130 g/mol. The Bertz CT molecular complexity index is 52.9. The van der Waals surface area contributed by atoms with Crippen LogP contribution in [0, 0.1) is 6.73 Å². The van der Waals surface area contributed by atoms with Gasteiger partial charge in [0, 0.05) is 6.61 Å². The van der Waals surface area contributed by atoms with E-state index >= 15 is 0 Å². The zero-order valence-electron chi connectivity index (χ0n) is 6.55. The third-order valence-corrected chi connectivity index (χ3v) is 1.20. The topological polar surface area (TPSA) is 12.5 Å². The summed E-state index contributed by atoms with van der Waals surface area (Å²) >= 11 is 0. The SMILES string of the molecule is CCO[CH]N(CC)CC. The van der Waals surface area contributed by atoms with Gasteiger partial charge >= 0.3 is 0 Å². The van der Waals surface area contributed by atoms with Gasteiger partial charge in [-0.25, -0.2) is 0 Å². The molecule has 0 saturated heterocycles. The van der Waals surface area contributed by atoms with Crippen LogP contribution in [0.1, 0.15) is 20.8 Å². The van der Waals surface area contributed by atoms with Gasteiger partial charge in [-0.2, -0.15) is 0 Å². The highest BCUT2D eigenvalue weighted by Crippen LogP contribution is 1.91. The maximum atomic E-state index is 5.08. The molecule has 1 radical (unpaired) electrons. The standard InChI is InChI=1S/C7H16NO/c1-4-8(5-2)7-9-6-3/h7H,4-6H2,1-3H3. The van der Waals surface area contributed by atoms with E-state index in [2.05, 4.69) is 18.7 Å². The van der Waals surface area contributed by atoms with E-state index in [1.165, 1.54) is 0 Å². The molecular formula is C7H16NO. The van der Waals surface area contributed by atoms with Crippen molar-refractivity contribution in [3.8, 4) is 0 Å². The molecule has 0 aromatic carbocycles. The van der Waals surface area contributed by atoms with E-state index in [9.17, 15) is 0 Å². The van der Waals surface area contributed by atoms with Crippen molar-refractivity contribution in [2.24, 2.45) is 0 Å². The first kappa shape index (κ1) is 8.92. The summed E-state index contributed by atoms with van der Waals surface area (Å²) in [5, 5.41) is 0. The third-order valence-electron chi connectivity index (χ3n) is 1.20. The van der Waals surface area contributed by atoms with Crippen LogP contribution >= 0.6 is 0 Å². The fourth-order valence-corrected chi connectivity index (χ4v) is 0.553. The van der Waals surface area contributed by atoms with Gasteiger partial charge in [-0.05, 0) is 20.0 Å². The van der Waals surface area contributed by atoms with Crippen LogP contribution in [-0.2, 0) is 4.74 Å². The van der Waals surface area contributed by atoms with Gasteiger partial charge in [-0.15, -0.1) is 0 Å². The minimum atomic E-state index is 0.760. The van der Waals surface area contributed by atoms with Crippen LogP contribution in [0.5, 0.6) is 0 Å². The number of hydrogen-bond acceptors (Lipinski definition) is 2. The summed E-state index contributed by atoms with van der Waals surface area (Å²) in [6.07, 6.45) is 0. The second kappa shape index (κ2) is 6.05. The van der Waals surface area contributed by atoms with E-state index < -0.39 is 0 Å². The Hall–Kier alpha value is -0.0800. The lowest BCUT2D eigenvalue weighted by Crippen LogP contribution is -2.20. The number of rotatable bonds is 5. The predicted molar refractivity (Wildman–Crippen MR) is 38.8 cm³/mol. The Morgan fingerprint density at radius 1 is 1.22 bits per heavy atom. The summed E-state index contributed by atoms with van der Waals surface area (Å²) in [5.74, 6) is 0. The summed E-state index contributed by atoms with van der Waals surface area (Å²) in [4.78, 5) is 2.11. The zero-order chi connectivity index (χ0) is 7.11.